The van der Waals surface area contributed by atoms with Crippen molar-refractivity contribution in [3.63, 3.8) is 0 Å². The van der Waals surface area contributed by atoms with Gasteiger partial charge in [-0.3, -0.25) is 4.79 Å². The maximum absolute atomic E-state index is 10.4. The Labute approximate surface area is 60.0 Å². The third kappa shape index (κ3) is 2.44. The van der Waals surface area contributed by atoms with E-state index in [1.165, 1.54) is 19.2 Å². The molecular formula is C7H11NO2. The average molecular weight is 141 g/mol. The molecule has 0 atom stereocenters. The van der Waals surface area contributed by atoms with Crippen LogP contribution in [0.5, 0.6) is 0 Å². The Morgan fingerprint density at radius 1 is 1.60 bits per heavy atom. The molecule has 0 aromatic carbocycles. The monoisotopic (exact) mass is 141 g/mol. The molecule has 1 aromatic rings. The Balaban J connectivity index is 0.000000371. The second-order valence-electron chi connectivity index (χ2n) is 1.43. The highest BCUT2D eigenvalue weighted by Crippen LogP contribution is 1.95. The second-order valence-corrected chi connectivity index (χ2v) is 1.43. The molecule has 0 unspecified atom stereocenters. The lowest BCUT2D eigenvalue weighted by molar-refractivity contribution is 0.0978. The fourth-order valence-corrected chi connectivity index (χ4v) is 0.397. The topological polar surface area (TPSA) is 43.1 Å². The van der Waals surface area contributed by atoms with E-state index in [1.54, 1.807) is 0 Å². The van der Waals surface area contributed by atoms with Crippen molar-refractivity contribution >= 4 is 5.78 Å². The molecule has 0 radical (unpaired) electrons. The van der Waals surface area contributed by atoms with Crippen LogP contribution in [0.1, 0.15) is 31.3 Å². The summed E-state index contributed by atoms with van der Waals surface area (Å²) in [5, 5.41) is 3.35. The summed E-state index contributed by atoms with van der Waals surface area (Å²) in [7, 11) is 0. The Hall–Kier alpha value is -1.12. The van der Waals surface area contributed by atoms with Gasteiger partial charge in [0.15, 0.2) is 5.78 Å². The SMILES string of the molecule is CC.CC(=O)c1ccno1. The molecule has 0 aliphatic rings. The summed E-state index contributed by atoms with van der Waals surface area (Å²) in [5.74, 6) is 0.215. The highest BCUT2D eigenvalue weighted by molar-refractivity contribution is 5.90. The van der Waals surface area contributed by atoms with E-state index in [9.17, 15) is 4.79 Å². The fraction of sp³-hybridized carbons (Fsp3) is 0.429. The first-order chi connectivity index (χ1) is 4.80. The third-order valence-corrected chi connectivity index (χ3v) is 0.785. The summed E-state index contributed by atoms with van der Waals surface area (Å²) in [4.78, 5) is 10.4. The standard InChI is InChI=1S/C5H5NO2.C2H6/c1-4(7)5-2-3-6-8-5;1-2/h2-3H,1H3;1-2H3. The summed E-state index contributed by atoms with van der Waals surface area (Å²) in [6.07, 6.45) is 1.44. The molecule has 3 heteroatoms. The minimum Gasteiger partial charge on any atom is -0.353 e. The fourth-order valence-electron chi connectivity index (χ4n) is 0.397. The summed E-state index contributed by atoms with van der Waals surface area (Å²) < 4.78 is 4.50. The molecule has 0 saturated carbocycles. The van der Waals surface area contributed by atoms with E-state index >= 15 is 0 Å². The first-order valence-corrected chi connectivity index (χ1v) is 3.22. The molecule has 0 aliphatic heterocycles. The maximum Gasteiger partial charge on any atom is 0.202 e. The van der Waals surface area contributed by atoms with Crippen molar-refractivity contribution in [3.8, 4) is 0 Å². The van der Waals surface area contributed by atoms with Gasteiger partial charge in [-0.1, -0.05) is 19.0 Å². The van der Waals surface area contributed by atoms with E-state index in [-0.39, 0.29) is 5.78 Å². The van der Waals surface area contributed by atoms with Gasteiger partial charge in [0.05, 0.1) is 6.20 Å². The van der Waals surface area contributed by atoms with Crippen molar-refractivity contribution in [2.75, 3.05) is 0 Å². The Bertz CT molecular complexity index is 179. The largest absolute Gasteiger partial charge is 0.353 e. The normalized spacial score (nSPS) is 7.90. The molecule has 56 valence electrons. The van der Waals surface area contributed by atoms with Crippen LogP contribution in [-0.2, 0) is 0 Å². The van der Waals surface area contributed by atoms with Gasteiger partial charge in [0.1, 0.15) is 0 Å². The van der Waals surface area contributed by atoms with Gasteiger partial charge in [0, 0.05) is 13.0 Å². The van der Waals surface area contributed by atoms with Crippen LogP contribution in [0.2, 0.25) is 0 Å². The zero-order valence-corrected chi connectivity index (χ0v) is 6.42. The highest BCUT2D eigenvalue weighted by atomic mass is 16.5. The zero-order valence-electron chi connectivity index (χ0n) is 6.42. The van der Waals surface area contributed by atoms with Gasteiger partial charge in [-0.05, 0) is 0 Å². The Kier molecular flexibility index (Phi) is 4.20. The van der Waals surface area contributed by atoms with Crippen LogP contribution in [0.4, 0.5) is 0 Å². The molecule has 1 aromatic heterocycles. The minimum absolute atomic E-state index is 0.0949. The van der Waals surface area contributed by atoms with Crippen LogP contribution in [0, 0.1) is 0 Å². The molecule has 0 aliphatic carbocycles. The summed E-state index contributed by atoms with van der Waals surface area (Å²) in [6, 6.07) is 1.53. The summed E-state index contributed by atoms with van der Waals surface area (Å²) in [6.45, 7) is 5.43. The molecule has 3 nitrogen and oxygen atoms in total. The van der Waals surface area contributed by atoms with E-state index in [2.05, 4.69) is 9.68 Å². The Morgan fingerprint density at radius 3 is 2.40 bits per heavy atom. The third-order valence-electron chi connectivity index (χ3n) is 0.785. The van der Waals surface area contributed by atoms with Crippen molar-refractivity contribution < 1.29 is 9.32 Å². The first-order valence-electron chi connectivity index (χ1n) is 3.22. The lowest BCUT2D eigenvalue weighted by atomic mass is 10.3. The van der Waals surface area contributed by atoms with E-state index in [1.807, 2.05) is 13.8 Å². The number of ketones is 1. The van der Waals surface area contributed by atoms with Gasteiger partial charge < -0.3 is 4.52 Å². The predicted octanol–water partition coefficient (Wildman–Crippen LogP) is 1.90. The second kappa shape index (κ2) is 4.73. The van der Waals surface area contributed by atoms with Gasteiger partial charge in [-0.15, -0.1) is 0 Å². The summed E-state index contributed by atoms with van der Waals surface area (Å²) >= 11 is 0. The lowest BCUT2D eigenvalue weighted by Crippen LogP contribution is -1.85. The average Bonchev–Trinajstić information content (AvgIpc) is 2.42. The molecule has 1 rings (SSSR count). The van der Waals surface area contributed by atoms with Crippen LogP contribution >= 0.6 is 0 Å². The summed E-state index contributed by atoms with van der Waals surface area (Å²) in [5.41, 5.74) is 0. The highest BCUT2D eigenvalue weighted by Gasteiger charge is 1.99. The molecule has 0 amide bonds. The minimum atomic E-state index is -0.0949. The lowest BCUT2D eigenvalue weighted by Gasteiger charge is -1.77. The molecule has 0 bridgehead atoms. The van der Waals surface area contributed by atoms with Crippen LogP contribution in [0.25, 0.3) is 0 Å². The molecule has 0 spiro atoms. The number of aromatic nitrogens is 1. The van der Waals surface area contributed by atoms with Crippen molar-refractivity contribution in [1.29, 1.82) is 0 Å². The predicted molar refractivity (Wildman–Crippen MR) is 37.9 cm³/mol. The number of nitrogens with zero attached hydrogens (tertiary/aromatic N) is 1. The van der Waals surface area contributed by atoms with Crippen LogP contribution < -0.4 is 0 Å². The van der Waals surface area contributed by atoms with E-state index in [0.717, 1.165) is 0 Å². The smallest absolute Gasteiger partial charge is 0.202 e. The molecule has 0 N–H and O–H groups in total. The molecule has 0 saturated heterocycles. The quantitative estimate of drug-likeness (QED) is 0.561. The van der Waals surface area contributed by atoms with Crippen molar-refractivity contribution in [3.05, 3.63) is 18.0 Å². The number of hydrogen-bond donors (Lipinski definition) is 0. The molecular weight excluding hydrogens is 130 g/mol. The molecule has 0 fully saturated rings. The van der Waals surface area contributed by atoms with Crippen LogP contribution in [0.3, 0.4) is 0 Å². The molecule has 1 heterocycles. The van der Waals surface area contributed by atoms with Gasteiger partial charge >= 0.3 is 0 Å². The van der Waals surface area contributed by atoms with Gasteiger partial charge in [-0.25, -0.2) is 0 Å². The van der Waals surface area contributed by atoms with Crippen molar-refractivity contribution in [2.45, 2.75) is 20.8 Å². The first kappa shape index (κ1) is 8.88. The Morgan fingerprint density at radius 2 is 2.20 bits per heavy atom. The van der Waals surface area contributed by atoms with Crippen molar-refractivity contribution in [1.82, 2.24) is 5.16 Å². The number of carbonyl (C=O) groups excluding carboxylic acids is 1. The number of carbonyl (C=O) groups is 1. The number of hydrogen-bond acceptors (Lipinski definition) is 3. The number of Topliss-reactive ketones (excluding diaryl/α,β-unsaturated/α-hetero) is 1. The van der Waals surface area contributed by atoms with Crippen LogP contribution in [-0.4, -0.2) is 10.9 Å². The van der Waals surface area contributed by atoms with Gasteiger partial charge in [0.2, 0.25) is 5.76 Å². The van der Waals surface area contributed by atoms with Gasteiger partial charge in [-0.2, -0.15) is 0 Å². The van der Waals surface area contributed by atoms with E-state index in [0.29, 0.717) is 5.76 Å². The number of rotatable bonds is 1. The molecule has 10 heavy (non-hydrogen) atoms. The van der Waals surface area contributed by atoms with Crippen molar-refractivity contribution in [2.24, 2.45) is 0 Å². The zero-order chi connectivity index (χ0) is 7.98. The van der Waals surface area contributed by atoms with E-state index < -0.39 is 0 Å². The maximum atomic E-state index is 10.4. The van der Waals surface area contributed by atoms with Gasteiger partial charge in [0.25, 0.3) is 0 Å². The van der Waals surface area contributed by atoms with E-state index in [4.69, 9.17) is 0 Å². The van der Waals surface area contributed by atoms with Crippen LogP contribution in [0.15, 0.2) is 16.8 Å².